The van der Waals surface area contributed by atoms with Crippen molar-refractivity contribution in [3.63, 3.8) is 0 Å². The highest BCUT2D eigenvalue weighted by Gasteiger charge is 2.20. The zero-order valence-corrected chi connectivity index (χ0v) is 12.4. The monoisotopic (exact) mass is 282 g/mol. The summed E-state index contributed by atoms with van der Waals surface area (Å²) in [5, 5.41) is 9.30. The molecule has 0 aliphatic carbocycles. The van der Waals surface area contributed by atoms with Gasteiger partial charge in [0.25, 0.3) is 0 Å². The van der Waals surface area contributed by atoms with Crippen LogP contribution < -0.4 is 11.3 Å². The highest BCUT2D eigenvalue weighted by Crippen LogP contribution is 2.25. The summed E-state index contributed by atoms with van der Waals surface area (Å²) in [7, 11) is 3.74. The first-order chi connectivity index (χ1) is 8.93. The van der Waals surface area contributed by atoms with Crippen LogP contribution in [0.4, 0.5) is 0 Å². The zero-order chi connectivity index (χ0) is 14.2. The third-order valence-corrected chi connectivity index (χ3v) is 3.75. The van der Waals surface area contributed by atoms with Crippen molar-refractivity contribution in [2.45, 2.75) is 26.3 Å². The quantitative estimate of drug-likeness (QED) is 0.652. The first kappa shape index (κ1) is 14.0. The Morgan fingerprint density at radius 3 is 2.42 bits per heavy atom. The van der Waals surface area contributed by atoms with Gasteiger partial charge in [0.2, 0.25) is 0 Å². The minimum Gasteiger partial charge on any atom is -0.271 e. The molecule has 3 N–H and O–H groups in total. The largest absolute Gasteiger partial charge is 0.271 e. The number of rotatable bonds is 4. The normalized spacial score (nSPS) is 12.9. The summed E-state index contributed by atoms with van der Waals surface area (Å²) < 4.78 is 3.51. The molecule has 2 aromatic rings. The number of hydrogen-bond donors (Lipinski definition) is 2. The van der Waals surface area contributed by atoms with E-state index in [0.717, 1.165) is 22.6 Å². The molecule has 19 heavy (non-hydrogen) atoms. The average molecular weight is 283 g/mol. The molecule has 2 aromatic heterocycles. The Morgan fingerprint density at radius 2 is 2.00 bits per heavy atom. The van der Waals surface area contributed by atoms with Crippen molar-refractivity contribution in [1.29, 1.82) is 0 Å². The molecule has 1 atom stereocenters. The van der Waals surface area contributed by atoms with Crippen molar-refractivity contribution in [3.05, 3.63) is 33.9 Å². The maximum absolute atomic E-state index is 6.26. The van der Waals surface area contributed by atoms with Crippen LogP contribution in [0.25, 0.3) is 0 Å². The lowest BCUT2D eigenvalue weighted by Crippen LogP contribution is -2.31. The number of aryl methyl sites for hydroxylation is 4. The van der Waals surface area contributed by atoms with E-state index in [1.54, 1.807) is 4.68 Å². The van der Waals surface area contributed by atoms with Gasteiger partial charge in [-0.15, -0.1) is 0 Å². The van der Waals surface area contributed by atoms with Gasteiger partial charge in [-0.05, 0) is 26.3 Å². The molecule has 0 radical (unpaired) electrons. The maximum atomic E-state index is 6.26. The van der Waals surface area contributed by atoms with Gasteiger partial charge < -0.3 is 0 Å². The second-order valence-corrected chi connectivity index (χ2v) is 5.09. The Labute approximate surface area is 117 Å². The lowest BCUT2D eigenvalue weighted by molar-refractivity contribution is 0.507. The second-order valence-electron chi connectivity index (χ2n) is 4.74. The summed E-state index contributed by atoms with van der Waals surface area (Å²) in [6, 6.07) is 1.97. The summed E-state index contributed by atoms with van der Waals surface area (Å²) in [5.41, 5.74) is 6.75. The van der Waals surface area contributed by atoms with Crippen LogP contribution in [-0.2, 0) is 20.5 Å². The first-order valence-electron chi connectivity index (χ1n) is 6.08. The zero-order valence-electron chi connectivity index (χ0n) is 11.6. The molecule has 7 heteroatoms. The SMILES string of the molecule is Cc1cc(C(Cc2c(C)nn(C)c2Cl)NN)n(C)n1. The molecule has 0 aliphatic heterocycles. The van der Waals surface area contributed by atoms with Crippen molar-refractivity contribution < 1.29 is 0 Å². The number of hydrogen-bond acceptors (Lipinski definition) is 4. The van der Waals surface area contributed by atoms with E-state index < -0.39 is 0 Å². The summed E-state index contributed by atoms with van der Waals surface area (Å²) in [6.07, 6.45) is 0.675. The van der Waals surface area contributed by atoms with Gasteiger partial charge in [-0.2, -0.15) is 10.2 Å². The molecule has 0 saturated heterocycles. The van der Waals surface area contributed by atoms with Crippen LogP contribution in [-0.4, -0.2) is 19.6 Å². The lowest BCUT2D eigenvalue weighted by Gasteiger charge is -2.16. The molecule has 1 unspecified atom stereocenters. The second kappa shape index (κ2) is 5.32. The molecular formula is C12H19ClN6. The summed E-state index contributed by atoms with van der Waals surface area (Å²) in [4.78, 5) is 0. The van der Waals surface area contributed by atoms with E-state index in [9.17, 15) is 0 Å². The van der Waals surface area contributed by atoms with E-state index >= 15 is 0 Å². The molecule has 6 nitrogen and oxygen atoms in total. The number of halogens is 1. The molecule has 0 fully saturated rings. The first-order valence-corrected chi connectivity index (χ1v) is 6.46. The van der Waals surface area contributed by atoms with E-state index in [0.29, 0.717) is 11.6 Å². The van der Waals surface area contributed by atoms with E-state index in [2.05, 4.69) is 15.6 Å². The Kier molecular flexibility index (Phi) is 3.93. The summed E-state index contributed by atoms with van der Waals surface area (Å²) in [6.45, 7) is 3.91. The Bertz CT molecular complexity index is 585. The number of nitrogens with two attached hydrogens (primary N) is 1. The van der Waals surface area contributed by atoms with Crippen molar-refractivity contribution in [2.24, 2.45) is 19.9 Å². The highest BCUT2D eigenvalue weighted by molar-refractivity contribution is 6.30. The number of aromatic nitrogens is 4. The van der Waals surface area contributed by atoms with Crippen LogP contribution in [0.1, 0.15) is 28.7 Å². The maximum Gasteiger partial charge on any atom is 0.130 e. The fraction of sp³-hybridized carbons (Fsp3) is 0.500. The number of nitrogens with one attached hydrogen (secondary N) is 1. The predicted octanol–water partition coefficient (Wildman–Crippen LogP) is 1.17. The molecule has 0 aliphatic rings. The van der Waals surface area contributed by atoms with Crippen LogP contribution in [0.5, 0.6) is 0 Å². The Morgan fingerprint density at radius 1 is 1.32 bits per heavy atom. The van der Waals surface area contributed by atoms with Crippen LogP contribution in [0.3, 0.4) is 0 Å². The Hall–Kier alpha value is -1.37. The molecule has 0 saturated carbocycles. The summed E-state index contributed by atoms with van der Waals surface area (Å²) >= 11 is 6.26. The topological polar surface area (TPSA) is 73.7 Å². The molecule has 2 heterocycles. The van der Waals surface area contributed by atoms with Gasteiger partial charge in [-0.3, -0.25) is 20.6 Å². The molecule has 0 aromatic carbocycles. The van der Waals surface area contributed by atoms with Gasteiger partial charge in [0.15, 0.2) is 0 Å². The van der Waals surface area contributed by atoms with Crippen LogP contribution in [0.2, 0.25) is 5.15 Å². The van der Waals surface area contributed by atoms with Gasteiger partial charge in [0.05, 0.1) is 23.1 Å². The number of nitrogens with zero attached hydrogens (tertiary/aromatic N) is 4. The van der Waals surface area contributed by atoms with Crippen LogP contribution >= 0.6 is 11.6 Å². The minimum atomic E-state index is -0.0494. The third-order valence-electron chi connectivity index (χ3n) is 3.27. The van der Waals surface area contributed by atoms with Gasteiger partial charge in [0, 0.05) is 19.7 Å². The molecule has 0 bridgehead atoms. The molecule has 104 valence electrons. The van der Waals surface area contributed by atoms with E-state index in [1.165, 1.54) is 0 Å². The lowest BCUT2D eigenvalue weighted by atomic mass is 10.0. The average Bonchev–Trinajstić information content (AvgIpc) is 2.79. The molecule has 0 amide bonds. The van der Waals surface area contributed by atoms with E-state index in [1.807, 2.05) is 38.7 Å². The van der Waals surface area contributed by atoms with Gasteiger partial charge in [-0.25, -0.2) is 0 Å². The van der Waals surface area contributed by atoms with Crippen molar-refractivity contribution in [2.75, 3.05) is 0 Å². The number of hydrazine groups is 1. The standard InChI is InChI=1S/C12H19ClN6/c1-7-5-11(18(3)16-7)10(15-14)6-9-8(2)17-19(4)12(9)13/h5,10,15H,6,14H2,1-4H3. The van der Waals surface area contributed by atoms with Crippen molar-refractivity contribution in [1.82, 2.24) is 25.0 Å². The smallest absolute Gasteiger partial charge is 0.130 e. The van der Waals surface area contributed by atoms with Crippen molar-refractivity contribution >= 4 is 11.6 Å². The van der Waals surface area contributed by atoms with Gasteiger partial charge in [0.1, 0.15) is 5.15 Å². The van der Waals surface area contributed by atoms with Crippen LogP contribution in [0, 0.1) is 13.8 Å². The van der Waals surface area contributed by atoms with E-state index in [4.69, 9.17) is 17.4 Å². The fourth-order valence-corrected chi connectivity index (χ4v) is 2.57. The van der Waals surface area contributed by atoms with Crippen molar-refractivity contribution in [3.8, 4) is 0 Å². The third kappa shape index (κ3) is 2.65. The van der Waals surface area contributed by atoms with Crippen LogP contribution in [0.15, 0.2) is 6.07 Å². The van der Waals surface area contributed by atoms with E-state index in [-0.39, 0.29) is 6.04 Å². The fourth-order valence-electron chi connectivity index (χ4n) is 2.32. The molecule has 2 rings (SSSR count). The van der Waals surface area contributed by atoms with Gasteiger partial charge >= 0.3 is 0 Å². The predicted molar refractivity (Wildman–Crippen MR) is 74.7 cm³/mol. The van der Waals surface area contributed by atoms with Gasteiger partial charge in [-0.1, -0.05) is 11.6 Å². The minimum absolute atomic E-state index is 0.0494. The highest BCUT2D eigenvalue weighted by atomic mass is 35.5. The Balaban J connectivity index is 2.31. The summed E-state index contributed by atoms with van der Waals surface area (Å²) in [5.74, 6) is 5.68. The molecule has 0 spiro atoms. The molecular weight excluding hydrogens is 264 g/mol.